The van der Waals surface area contributed by atoms with Crippen molar-refractivity contribution in [2.75, 3.05) is 29.1 Å². The van der Waals surface area contributed by atoms with Gasteiger partial charge in [-0.05, 0) is 37.5 Å². The highest BCUT2D eigenvalue weighted by atomic mass is 32.2. The average Bonchev–Trinajstić information content (AvgIpc) is 3.01. The summed E-state index contributed by atoms with van der Waals surface area (Å²) in [6.45, 7) is 8.75. The molecule has 0 bridgehead atoms. The van der Waals surface area contributed by atoms with Gasteiger partial charge in [-0.1, -0.05) is 69.3 Å². The van der Waals surface area contributed by atoms with Crippen LogP contribution in [0.25, 0.3) is 11.3 Å². The Morgan fingerprint density at radius 3 is 2.42 bits per heavy atom. The van der Waals surface area contributed by atoms with Gasteiger partial charge in [-0.15, -0.1) is 10.2 Å². The van der Waals surface area contributed by atoms with Crippen LogP contribution in [0.15, 0.2) is 53.7 Å². The number of fused-ring (bicyclic) bond motifs is 3. The van der Waals surface area contributed by atoms with Crippen LogP contribution < -0.4 is 15.0 Å². The van der Waals surface area contributed by atoms with E-state index in [9.17, 15) is 0 Å². The van der Waals surface area contributed by atoms with Gasteiger partial charge in [0, 0.05) is 41.3 Å². The summed E-state index contributed by atoms with van der Waals surface area (Å²) in [6.07, 6.45) is 4.17. The highest BCUT2D eigenvalue weighted by Crippen LogP contribution is 2.39. The number of hydrogen-bond donors (Lipinski definition) is 1. The van der Waals surface area contributed by atoms with E-state index < -0.39 is 0 Å². The molecule has 7 heteroatoms. The first kappa shape index (κ1) is 23.4. The van der Waals surface area contributed by atoms with Gasteiger partial charge in [0.25, 0.3) is 0 Å². The Kier molecular flexibility index (Phi) is 8.05. The SMILES string of the molecule is CCCCSc1nnc2c(n1)O[C@H](c1ccc(N(CCC)CCC)cc1)Nc1ccccc1-2. The summed E-state index contributed by atoms with van der Waals surface area (Å²) in [5.41, 5.74) is 4.89. The lowest BCUT2D eigenvalue weighted by Gasteiger charge is -2.25. The predicted octanol–water partition coefficient (Wildman–Crippen LogP) is 6.56. The lowest BCUT2D eigenvalue weighted by atomic mass is 10.1. The van der Waals surface area contributed by atoms with Gasteiger partial charge in [-0.2, -0.15) is 4.98 Å². The molecule has 4 rings (SSSR count). The van der Waals surface area contributed by atoms with E-state index in [1.165, 1.54) is 5.69 Å². The van der Waals surface area contributed by atoms with E-state index in [1.807, 2.05) is 24.3 Å². The van der Waals surface area contributed by atoms with Crippen molar-refractivity contribution >= 4 is 23.1 Å². The largest absolute Gasteiger partial charge is 0.448 e. The zero-order valence-corrected chi connectivity index (χ0v) is 20.6. The minimum Gasteiger partial charge on any atom is -0.448 e. The fourth-order valence-corrected chi connectivity index (χ4v) is 4.80. The number of nitrogens with one attached hydrogen (secondary N) is 1. The van der Waals surface area contributed by atoms with E-state index in [0.29, 0.717) is 16.7 Å². The normalized spacial score (nSPS) is 14.5. The van der Waals surface area contributed by atoms with Gasteiger partial charge in [0.05, 0.1) is 0 Å². The van der Waals surface area contributed by atoms with Crippen molar-refractivity contribution in [3.05, 3.63) is 54.1 Å². The minimum atomic E-state index is -0.363. The van der Waals surface area contributed by atoms with Gasteiger partial charge < -0.3 is 15.0 Å². The van der Waals surface area contributed by atoms with E-state index in [1.54, 1.807) is 11.8 Å². The molecule has 33 heavy (non-hydrogen) atoms. The molecule has 2 heterocycles. The van der Waals surface area contributed by atoms with Crippen molar-refractivity contribution in [2.24, 2.45) is 0 Å². The maximum Gasteiger partial charge on any atom is 0.247 e. The number of thioether (sulfide) groups is 1. The molecule has 1 aliphatic rings. The third-order valence-corrected chi connectivity index (χ3v) is 6.53. The fraction of sp³-hybridized carbons (Fsp3) is 0.423. The molecule has 1 aliphatic heterocycles. The van der Waals surface area contributed by atoms with Crippen molar-refractivity contribution < 1.29 is 4.74 Å². The first-order chi connectivity index (χ1) is 16.2. The fourth-order valence-electron chi connectivity index (χ4n) is 3.94. The second kappa shape index (κ2) is 11.4. The second-order valence-corrected chi connectivity index (χ2v) is 9.28. The molecule has 1 atom stereocenters. The monoisotopic (exact) mass is 463 g/mol. The Hall–Kier alpha value is -2.80. The molecule has 0 aliphatic carbocycles. The highest BCUT2D eigenvalue weighted by molar-refractivity contribution is 7.99. The smallest absolute Gasteiger partial charge is 0.247 e. The van der Waals surface area contributed by atoms with Gasteiger partial charge in [0.1, 0.15) is 0 Å². The predicted molar refractivity (Wildman–Crippen MR) is 137 cm³/mol. The summed E-state index contributed by atoms with van der Waals surface area (Å²) in [5, 5.41) is 13.1. The Balaban J connectivity index is 1.64. The van der Waals surface area contributed by atoms with Crippen LogP contribution in [-0.2, 0) is 0 Å². The van der Waals surface area contributed by atoms with Crippen LogP contribution in [0.3, 0.4) is 0 Å². The van der Waals surface area contributed by atoms with Crippen LogP contribution in [0.1, 0.15) is 58.2 Å². The van der Waals surface area contributed by atoms with Gasteiger partial charge >= 0.3 is 0 Å². The van der Waals surface area contributed by atoms with Crippen LogP contribution in [0.2, 0.25) is 0 Å². The van der Waals surface area contributed by atoms with E-state index in [4.69, 9.17) is 9.72 Å². The maximum atomic E-state index is 6.42. The third-order valence-electron chi connectivity index (χ3n) is 5.61. The molecule has 6 nitrogen and oxygen atoms in total. The number of benzene rings is 2. The average molecular weight is 464 g/mol. The number of nitrogens with zero attached hydrogens (tertiary/aromatic N) is 4. The number of aromatic nitrogens is 3. The molecule has 0 unspecified atom stereocenters. The van der Waals surface area contributed by atoms with E-state index >= 15 is 0 Å². The number of unbranched alkanes of at least 4 members (excludes halogenated alkanes) is 1. The zero-order chi connectivity index (χ0) is 23.0. The van der Waals surface area contributed by atoms with Crippen LogP contribution in [0.4, 0.5) is 11.4 Å². The Morgan fingerprint density at radius 1 is 0.939 bits per heavy atom. The van der Waals surface area contributed by atoms with Gasteiger partial charge in [0.2, 0.25) is 11.0 Å². The third kappa shape index (κ3) is 5.58. The van der Waals surface area contributed by atoms with Crippen molar-refractivity contribution in [1.82, 2.24) is 15.2 Å². The highest BCUT2D eigenvalue weighted by Gasteiger charge is 2.26. The van der Waals surface area contributed by atoms with Crippen LogP contribution in [0.5, 0.6) is 5.88 Å². The molecular weight excluding hydrogens is 430 g/mol. The summed E-state index contributed by atoms with van der Waals surface area (Å²) >= 11 is 1.63. The summed E-state index contributed by atoms with van der Waals surface area (Å²) in [5.74, 6) is 1.50. The molecule has 1 N–H and O–H groups in total. The Morgan fingerprint density at radius 2 is 1.70 bits per heavy atom. The van der Waals surface area contributed by atoms with Crippen molar-refractivity contribution in [3.8, 4) is 17.1 Å². The topological polar surface area (TPSA) is 63.2 Å². The molecule has 0 fully saturated rings. The van der Waals surface area contributed by atoms with Crippen molar-refractivity contribution in [1.29, 1.82) is 0 Å². The molecule has 0 saturated heterocycles. The quantitative estimate of drug-likeness (QED) is 0.270. The van der Waals surface area contributed by atoms with Crippen molar-refractivity contribution in [3.63, 3.8) is 0 Å². The second-order valence-electron chi connectivity index (χ2n) is 8.22. The van der Waals surface area contributed by atoms with E-state index in [2.05, 4.69) is 65.5 Å². The lowest BCUT2D eigenvalue weighted by Crippen LogP contribution is -2.25. The number of anilines is 2. The summed E-state index contributed by atoms with van der Waals surface area (Å²) < 4.78 is 6.42. The number of ether oxygens (including phenoxy) is 1. The maximum absolute atomic E-state index is 6.42. The van der Waals surface area contributed by atoms with Crippen LogP contribution in [-0.4, -0.2) is 34.0 Å². The van der Waals surface area contributed by atoms with E-state index in [-0.39, 0.29) is 6.23 Å². The lowest BCUT2D eigenvalue weighted by molar-refractivity contribution is 0.225. The Bertz CT molecular complexity index is 1040. The number of rotatable bonds is 10. The molecule has 0 radical (unpaired) electrons. The molecule has 0 amide bonds. The molecule has 0 spiro atoms. The number of para-hydroxylation sites is 1. The molecule has 2 aromatic carbocycles. The molecule has 3 aromatic rings. The Labute approximate surface area is 201 Å². The van der Waals surface area contributed by atoms with Crippen LogP contribution >= 0.6 is 11.8 Å². The molecule has 0 saturated carbocycles. The summed E-state index contributed by atoms with van der Waals surface area (Å²) in [4.78, 5) is 7.17. The van der Waals surface area contributed by atoms with Crippen molar-refractivity contribution in [2.45, 2.75) is 57.8 Å². The van der Waals surface area contributed by atoms with Crippen LogP contribution in [0, 0.1) is 0 Å². The van der Waals surface area contributed by atoms with Gasteiger partial charge in [0.15, 0.2) is 11.9 Å². The molecule has 174 valence electrons. The molecule has 1 aromatic heterocycles. The molecular formula is C26H33N5OS. The number of hydrogen-bond acceptors (Lipinski definition) is 7. The summed E-state index contributed by atoms with van der Waals surface area (Å²) in [7, 11) is 0. The first-order valence-corrected chi connectivity index (χ1v) is 13.0. The minimum absolute atomic E-state index is 0.363. The standard InChI is InChI=1S/C26H33N5OS/c1-4-7-18-33-26-28-25-23(29-30-26)21-10-8-9-11-22(21)27-24(32-25)19-12-14-20(15-13-19)31(16-5-2)17-6-3/h8-15,24,27H,4-7,16-18H2,1-3H3/t24-/m1/s1. The summed E-state index contributed by atoms with van der Waals surface area (Å²) in [6, 6.07) is 16.8. The van der Waals surface area contributed by atoms with E-state index in [0.717, 1.165) is 61.3 Å². The van der Waals surface area contributed by atoms with Gasteiger partial charge in [-0.25, -0.2) is 0 Å². The first-order valence-electron chi connectivity index (χ1n) is 12.0. The zero-order valence-electron chi connectivity index (χ0n) is 19.8. The van der Waals surface area contributed by atoms with Gasteiger partial charge in [-0.3, -0.25) is 0 Å².